The van der Waals surface area contributed by atoms with Gasteiger partial charge >= 0.3 is 0 Å². The number of amides is 1. The molecule has 122 valence electrons. The van der Waals surface area contributed by atoms with Crippen LogP contribution in [-0.2, 0) is 6.54 Å². The molecule has 1 saturated carbocycles. The first-order chi connectivity index (χ1) is 11.1. The van der Waals surface area contributed by atoms with Gasteiger partial charge in [-0.05, 0) is 39.1 Å². The predicted molar refractivity (Wildman–Crippen MR) is 91.6 cm³/mol. The Morgan fingerprint density at radius 2 is 2.09 bits per heavy atom. The molecular weight excluding hydrogens is 308 g/mol. The minimum Gasteiger partial charge on any atom is -0.331 e. The molecule has 0 atom stereocenters. The summed E-state index contributed by atoms with van der Waals surface area (Å²) in [5.74, 6) is 0.577. The van der Waals surface area contributed by atoms with Gasteiger partial charge in [-0.25, -0.2) is 4.98 Å². The van der Waals surface area contributed by atoms with E-state index in [4.69, 9.17) is 0 Å². The molecule has 23 heavy (non-hydrogen) atoms. The van der Waals surface area contributed by atoms with E-state index < -0.39 is 0 Å². The van der Waals surface area contributed by atoms with Crippen LogP contribution in [-0.4, -0.2) is 52.9 Å². The summed E-state index contributed by atoms with van der Waals surface area (Å²) < 4.78 is 0. The van der Waals surface area contributed by atoms with Crippen LogP contribution in [0.25, 0.3) is 0 Å². The summed E-state index contributed by atoms with van der Waals surface area (Å²) in [5.41, 5.74) is 3.71. The Bertz CT molecular complexity index is 652. The first-order valence-corrected chi connectivity index (χ1v) is 8.80. The van der Waals surface area contributed by atoms with Gasteiger partial charge in [0.1, 0.15) is 4.88 Å². The van der Waals surface area contributed by atoms with E-state index in [0.29, 0.717) is 19.0 Å². The van der Waals surface area contributed by atoms with E-state index in [-0.39, 0.29) is 5.91 Å². The van der Waals surface area contributed by atoms with Crippen LogP contribution in [0.15, 0.2) is 29.9 Å². The molecule has 0 bridgehead atoms. The summed E-state index contributed by atoms with van der Waals surface area (Å²) in [7, 11) is 4.04. The smallest absolute Gasteiger partial charge is 0.266 e. The van der Waals surface area contributed by atoms with Gasteiger partial charge in [0.05, 0.1) is 23.4 Å². The Kier molecular flexibility index (Phi) is 5.03. The molecular formula is C17H22N4OS. The van der Waals surface area contributed by atoms with Crippen LogP contribution in [0.4, 0.5) is 0 Å². The summed E-state index contributed by atoms with van der Waals surface area (Å²) in [6, 6.07) is 5.81. The zero-order valence-corrected chi connectivity index (χ0v) is 14.4. The number of carbonyl (C=O) groups excluding carboxylic acids is 1. The second kappa shape index (κ2) is 7.19. The zero-order chi connectivity index (χ0) is 16.2. The molecule has 0 unspecified atom stereocenters. The highest BCUT2D eigenvalue weighted by Crippen LogP contribution is 2.42. The molecule has 0 radical (unpaired) electrons. The Hall–Kier alpha value is -1.79. The lowest BCUT2D eigenvalue weighted by molar-refractivity contribution is 0.0733. The summed E-state index contributed by atoms with van der Waals surface area (Å²) in [5, 5.41) is 0. The number of pyridine rings is 1. The Balaban J connectivity index is 1.78. The van der Waals surface area contributed by atoms with Gasteiger partial charge in [0.25, 0.3) is 5.91 Å². The fourth-order valence-corrected chi connectivity index (χ4v) is 3.31. The highest BCUT2D eigenvalue weighted by Gasteiger charge is 2.32. The highest BCUT2D eigenvalue weighted by molar-refractivity contribution is 7.11. The van der Waals surface area contributed by atoms with Crippen molar-refractivity contribution in [3.8, 4) is 0 Å². The van der Waals surface area contributed by atoms with Crippen LogP contribution in [0, 0.1) is 0 Å². The standard InChI is InChI=1S/C17H22N4OS/c1-20(2)9-10-21(11-14-5-3-4-8-18-14)17(22)16-15(13-6-7-13)19-12-23-16/h3-5,8,12-13H,6-7,9-11H2,1-2H3. The molecule has 1 aliphatic carbocycles. The van der Waals surface area contributed by atoms with Crippen LogP contribution in [0.5, 0.6) is 0 Å². The van der Waals surface area contributed by atoms with Crippen molar-refractivity contribution in [1.82, 2.24) is 19.8 Å². The summed E-state index contributed by atoms with van der Waals surface area (Å²) in [4.78, 5) is 26.6. The lowest BCUT2D eigenvalue weighted by Gasteiger charge is -2.24. The van der Waals surface area contributed by atoms with E-state index in [0.717, 1.165) is 35.7 Å². The topological polar surface area (TPSA) is 49.3 Å². The van der Waals surface area contributed by atoms with Gasteiger partial charge in [-0.3, -0.25) is 9.78 Å². The molecule has 2 heterocycles. The second-order valence-electron chi connectivity index (χ2n) is 6.19. The van der Waals surface area contributed by atoms with Crippen molar-refractivity contribution in [2.75, 3.05) is 27.2 Å². The van der Waals surface area contributed by atoms with Gasteiger partial charge in [-0.15, -0.1) is 11.3 Å². The van der Waals surface area contributed by atoms with Crippen molar-refractivity contribution in [3.05, 3.63) is 46.2 Å². The maximum atomic E-state index is 13.0. The van der Waals surface area contributed by atoms with E-state index in [1.165, 1.54) is 11.3 Å². The molecule has 1 amide bonds. The van der Waals surface area contributed by atoms with E-state index in [2.05, 4.69) is 14.9 Å². The fourth-order valence-electron chi connectivity index (χ4n) is 2.47. The van der Waals surface area contributed by atoms with E-state index in [1.807, 2.05) is 37.2 Å². The normalized spacial score (nSPS) is 14.2. The van der Waals surface area contributed by atoms with Crippen LogP contribution in [0.2, 0.25) is 0 Å². The maximum Gasteiger partial charge on any atom is 0.266 e. The quantitative estimate of drug-likeness (QED) is 0.783. The van der Waals surface area contributed by atoms with Crippen molar-refractivity contribution in [2.24, 2.45) is 0 Å². The molecule has 0 aromatic carbocycles. The molecule has 0 spiro atoms. The highest BCUT2D eigenvalue weighted by atomic mass is 32.1. The number of hydrogen-bond acceptors (Lipinski definition) is 5. The minimum atomic E-state index is 0.0851. The van der Waals surface area contributed by atoms with Gasteiger partial charge in [0, 0.05) is 25.2 Å². The maximum absolute atomic E-state index is 13.0. The van der Waals surface area contributed by atoms with Gasteiger partial charge < -0.3 is 9.80 Å². The number of carbonyl (C=O) groups is 1. The molecule has 6 heteroatoms. The van der Waals surface area contributed by atoms with E-state index in [1.54, 1.807) is 11.7 Å². The molecule has 3 rings (SSSR count). The molecule has 2 aromatic rings. The lowest BCUT2D eigenvalue weighted by Crippen LogP contribution is -2.36. The molecule has 2 aromatic heterocycles. The average Bonchev–Trinajstić information content (AvgIpc) is 3.28. The summed E-state index contributed by atoms with van der Waals surface area (Å²) in [6.45, 7) is 2.05. The average molecular weight is 330 g/mol. The Morgan fingerprint density at radius 1 is 1.26 bits per heavy atom. The molecule has 5 nitrogen and oxygen atoms in total. The Labute approximate surface area is 141 Å². The number of rotatable bonds is 7. The van der Waals surface area contributed by atoms with Gasteiger partial charge in [0.2, 0.25) is 0 Å². The van der Waals surface area contributed by atoms with Crippen LogP contribution in [0.1, 0.15) is 39.8 Å². The molecule has 0 N–H and O–H groups in total. The van der Waals surface area contributed by atoms with Crippen LogP contribution >= 0.6 is 11.3 Å². The molecule has 1 fully saturated rings. The number of aromatic nitrogens is 2. The van der Waals surface area contributed by atoms with Crippen LogP contribution in [0.3, 0.4) is 0 Å². The third-order valence-electron chi connectivity index (χ3n) is 3.94. The van der Waals surface area contributed by atoms with Crippen LogP contribution < -0.4 is 0 Å². The second-order valence-corrected chi connectivity index (χ2v) is 7.05. The molecule has 0 aliphatic heterocycles. The van der Waals surface area contributed by atoms with Gasteiger partial charge in [0.15, 0.2) is 0 Å². The first kappa shape index (κ1) is 16.1. The third-order valence-corrected chi connectivity index (χ3v) is 4.77. The summed E-state index contributed by atoms with van der Waals surface area (Å²) >= 11 is 1.46. The largest absolute Gasteiger partial charge is 0.331 e. The lowest BCUT2D eigenvalue weighted by atomic mass is 10.2. The number of likely N-dealkylation sites (N-methyl/N-ethyl adjacent to an activating group) is 1. The van der Waals surface area contributed by atoms with Crippen molar-refractivity contribution < 1.29 is 4.79 Å². The minimum absolute atomic E-state index is 0.0851. The van der Waals surface area contributed by atoms with Crippen molar-refractivity contribution in [3.63, 3.8) is 0 Å². The summed E-state index contributed by atoms with van der Waals surface area (Å²) in [6.07, 6.45) is 4.08. The van der Waals surface area contributed by atoms with Gasteiger partial charge in [-0.2, -0.15) is 0 Å². The fraction of sp³-hybridized carbons (Fsp3) is 0.471. The SMILES string of the molecule is CN(C)CCN(Cc1ccccn1)C(=O)c1scnc1C1CC1. The number of nitrogens with zero attached hydrogens (tertiary/aromatic N) is 4. The first-order valence-electron chi connectivity index (χ1n) is 7.92. The van der Waals surface area contributed by atoms with E-state index >= 15 is 0 Å². The predicted octanol–water partition coefficient (Wildman–Crippen LogP) is 2.62. The third kappa shape index (κ3) is 4.14. The monoisotopic (exact) mass is 330 g/mol. The van der Waals surface area contributed by atoms with E-state index in [9.17, 15) is 4.79 Å². The van der Waals surface area contributed by atoms with Gasteiger partial charge in [-0.1, -0.05) is 6.07 Å². The van der Waals surface area contributed by atoms with Crippen molar-refractivity contribution >= 4 is 17.2 Å². The Morgan fingerprint density at radius 3 is 2.74 bits per heavy atom. The van der Waals surface area contributed by atoms with Crippen molar-refractivity contribution in [2.45, 2.75) is 25.3 Å². The molecule has 1 aliphatic rings. The number of hydrogen-bond donors (Lipinski definition) is 0. The number of thiazole rings is 1. The zero-order valence-electron chi connectivity index (χ0n) is 13.6. The molecule has 0 saturated heterocycles. The van der Waals surface area contributed by atoms with Crippen molar-refractivity contribution in [1.29, 1.82) is 0 Å².